The number of imide groups is 1. The summed E-state index contributed by atoms with van der Waals surface area (Å²) in [6.07, 6.45) is 5.54. The van der Waals surface area contributed by atoms with E-state index in [4.69, 9.17) is 0 Å². The molecule has 1 aliphatic carbocycles. The number of pyridine rings is 1. The van der Waals surface area contributed by atoms with Gasteiger partial charge in [0.1, 0.15) is 5.69 Å². The average molecular weight is 472 g/mol. The Morgan fingerprint density at radius 3 is 2.46 bits per heavy atom. The van der Waals surface area contributed by atoms with Crippen molar-refractivity contribution in [3.05, 3.63) is 94.8 Å². The molecular formula is C28H23F2N3O2. The lowest BCUT2D eigenvalue weighted by Crippen LogP contribution is -2.63. The molecule has 2 heterocycles. The van der Waals surface area contributed by atoms with Crippen molar-refractivity contribution in [1.29, 1.82) is 0 Å². The molecule has 1 atom stereocenters. The monoisotopic (exact) mass is 471 g/mol. The molecule has 5 nitrogen and oxygen atoms in total. The maximum absolute atomic E-state index is 15.2. The van der Waals surface area contributed by atoms with E-state index in [1.54, 1.807) is 36.4 Å². The van der Waals surface area contributed by atoms with Crippen LogP contribution in [0.5, 0.6) is 0 Å². The maximum atomic E-state index is 15.2. The van der Waals surface area contributed by atoms with E-state index < -0.39 is 34.8 Å². The van der Waals surface area contributed by atoms with Gasteiger partial charge in [-0.2, -0.15) is 0 Å². The Hall–Kier alpha value is -4.05. The van der Waals surface area contributed by atoms with Crippen LogP contribution in [-0.2, 0) is 16.8 Å². The third-order valence-corrected chi connectivity index (χ3v) is 6.76. The second kappa shape index (κ2) is 8.95. The number of aromatic nitrogens is 1. The predicted molar refractivity (Wildman–Crippen MR) is 128 cm³/mol. The number of nitrogens with zero attached hydrogens (tertiary/aromatic N) is 3. The Bertz CT molecular complexity index is 1360. The smallest absolute Gasteiger partial charge is 0.314 e. The second-order valence-corrected chi connectivity index (χ2v) is 8.76. The molecule has 1 saturated heterocycles. The van der Waals surface area contributed by atoms with E-state index in [1.165, 1.54) is 0 Å². The molecule has 0 bridgehead atoms. The summed E-state index contributed by atoms with van der Waals surface area (Å²) in [5.74, 6) is 2.92. The first-order valence-electron chi connectivity index (χ1n) is 11.6. The van der Waals surface area contributed by atoms with Gasteiger partial charge >= 0.3 is 6.03 Å². The highest BCUT2D eigenvalue weighted by molar-refractivity contribution is 6.16. The zero-order valence-corrected chi connectivity index (χ0v) is 19.2. The summed E-state index contributed by atoms with van der Waals surface area (Å²) in [6, 6.07) is 12.3. The number of amides is 3. The number of carbonyl (C=O) groups is 2. The lowest BCUT2D eigenvalue weighted by molar-refractivity contribution is -0.123. The SMILES string of the molecule is CCN1C(=O)N(c2c(F)cc(C#Cc3ccccc3)cc2F)C(=O)C[C@]12CCCc1ccncc12. The first kappa shape index (κ1) is 22.7. The molecule has 1 spiro atoms. The molecular weight excluding hydrogens is 448 g/mol. The van der Waals surface area contributed by atoms with Gasteiger partial charge in [-0.3, -0.25) is 9.78 Å². The average Bonchev–Trinajstić information content (AvgIpc) is 2.85. The van der Waals surface area contributed by atoms with E-state index in [2.05, 4.69) is 16.8 Å². The zero-order valence-electron chi connectivity index (χ0n) is 19.2. The molecule has 35 heavy (non-hydrogen) atoms. The van der Waals surface area contributed by atoms with Crippen molar-refractivity contribution < 1.29 is 18.4 Å². The number of halogens is 2. The van der Waals surface area contributed by atoms with Crippen LogP contribution in [0.2, 0.25) is 0 Å². The van der Waals surface area contributed by atoms with Crippen LogP contribution in [0, 0.1) is 23.5 Å². The van der Waals surface area contributed by atoms with Crippen molar-refractivity contribution in [2.75, 3.05) is 11.4 Å². The van der Waals surface area contributed by atoms with Crippen LogP contribution in [0.15, 0.2) is 60.9 Å². The normalized spacial score (nSPS) is 19.4. The van der Waals surface area contributed by atoms with E-state index in [0.717, 1.165) is 36.1 Å². The molecule has 3 amide bonds. The highest BCUT2D eigenvalue weighted by Crippen LogP contribution is 2.46. The minimum atomic E-state index is -1.01. The third kappa shape index (κ3) is 3.85. The number of hydrogen-bond donors (Lipinski definition) is 0. The minimum Gasteiger partial charge on any atom is -0.314 e. The van der Waals surface area contributed by atoms with Gasteiger partial charge in [-0.05, 0) is 67.6 Å². The maximum Gasteiger partial charge on any atom is 0.332 e. The summed E-state index contributed by atoms with van der Waals surface area (Å²) in [5.41, 5.74) is 1.15. The lowest BCUT2D eigenvalue weighted by Gasteiger charge is -2.51. The van der Waals surface area contributed by atoms with E-state index >= 15 is 8.78 Å². The fourth-order valence-electron chi connectivity index (χ4n) is 5.24. The summed E-state index contributed by atoms with van der Waals surface area (Å²) in [4.78, 5) is 33.4. The summed E-state index contributed by atoms with van der Waals surface area (Å²) in [5, 5.41) is 0. The van der Waals surface area contributed by atoms with E-state index in [-0.39, 0.29) is 18.5 Å². The Morgan fingerprint density at radius 2 is 1.74 bits per heavy atom. The summed E-state index contributed by atoms with van der Waals surface area (Å²) < 4.78 is 30.4. The van der Waals surface area contributed by atoms with Gasteiger partial charge in [0.15, 0.2) is 11.6 Å². The van der Waals surface area contributed by atoms with Crippen LogP contribution in [0.1, 0.15) is 48.4 Å². The molecule has 1 aliphatic heterocycles. The molecule has 0 saturated carbocycles. The van der Waals surface area contributed by atoms with E-state index in [1.807, 2.05) is 24.3 Å². The molecule has 7 heteroatoms. The fourth-order valence-corrected chi connectivity index (χ4v) is 5.24. The number of carbonyl (C=O) groups excluding carboxylic acids is 2. The van der Waals surface area contributed by atoms with Crippen molar-refractivity contribution >= 4 is 17.6 Å². The van der Waals surface area contributed by atoms with Gasteiger partial charge in [-0.15, -0.1) is 0 Å². The number of rotatable bonds is 2. The van der Waals surface area contributed by atoms with Gasteiger partial charge in [0.25, 0.3) is 0 Å². The minimum absolute atomic E-state index is 0.0697. The predicted octanol–water partition coefficient (Wildman–Crippen LogP) is 5.17. The quantitative estimate of drug-likeness (QED) is 0.485. The van der Waals surface area contributed by atoms with Crippen LogP contribution in [-0.4, -0.2) is 28.4 Å². The van der Waals surface area contributed by atoms with E-state index in [0.29, 0.717) is 16.9 Å². The summed E-state index contributed by atoms with van der Waals surface area (Å²) >= 11 is 0. The van der Waals surface area contributed by atoms with E-state index in [9.17, 15) is 9.59 Å². The number of hydrogen-bond acceptors (Lipinski definition) is 3. The Morgan fingerprint density at radius 1 is 1.03 bits per heavy atom. The number of aryl methyl sites for hydroxylation is 1. The van der Waals surface area contributed by atoms with Crippen LogP contribution in [0.3, 0.4) is 0 Å². The van der Waals surface area contributed by atoms with Crippen molar-refractivity contribution in [1.82, 2.24) is 9.88 Å². The highest BCUT2D eigenvalue weighted by Gasteiger charge is 2.52. The number of anilines is 1. The summed E-state index contributed by atoms with van der Waals surface area (Å²) in [6.45, 7) is 2.08. The van der Waals surface area contributed by atoms with Crippen LogP contribution in [0.4, 0.5) is 19.3 Å². The topological polar surface area (TPSA) is 53.5 Å². The number of fused-ring (bicyclic) bond motifs is 2. The van der Waals surface area contributed by atoms with Crippen molar-refractivity contribution in [2.24, 2.45) is 0 Å². The van der Waals surface area contributed by atoms with Crippen molar-refractivity contribution in [3.8, 4) is 11.8 Å². The molecule has 2 aliphatic rings. The third-order valence-electron chi connectivity index (χ3n) is 6.76. The van der Waals surface area contributed by atoms with Gasteiger partial charge in [0.05, 0.1) is 12.0 Å². The molecule has 3 aromatic rings. The molecule has 0 radical (unpaired) electrons. The molecule has 2 aromatic carbocycles. The fraction of sp³-hybridized carbons (Fsp3) is 0.250. The van der Waals surface area contributed by atoms with Crippen LogP contribution < -0.4 is 4.90 Å². The van der Waals surface area contributed by atoms with Gasteiger partial charge in [0, 0.05) is 30.1 Å². The molecule has 0 N–H and O–H groups in total. The first-order chi connectivity index (χ1) is 16.9. The van der Waals surface area contributed by atoms with Gasteiger partial charge in [0.2, 0.25) is 5.91 Å². The van der Waals surface area contributed by atoms with Gasteiger partial charge in [-0.25, -0.2) is 18.5 Å². The molecule has 1 aromatic heterocycles. The molecule has 1 fully saturated rings. The summed E-state index contributed by atoms with van der Waals surface area (Å²) in [7, 11) is 0. The Labute approximate surface area is 202 Å². The lowest BCUT2D eigenvalue weighted by atomic mass is 9.73. The molecule has 0 unspecified atom stereocenters. The molecule has 5 rings (SSSR count). The van der Waals surface area contributed by atoms with Crippen LogP contribution >= 0.6 is 0 Å². The second-order valence-electron chi connectivity index (χ2n) is 8.76. The highest BCUT2D eigenvalue weighted by atomic mass is 19.1. The Kier molecular flexibility index (Phi) is 5.81. The Balaban J connectivity index is 1.52. The van der Waals surface area contributed by atoms with Gasteiger partial charge < -0.3 is 4.90 Å². The first-order valence-corrected chi connectivity index (χ1v) is 11.6. The molecule has 176 valence electrons. The van der Waals surface area contributed by atoms with Crippen LogP contribution in [0.25, 0.3) is 0 Å². The number of urea groups is 1. The standard InChI is InChI=1S/C28H23F2N3O2/c1-2-32-27(35)33(25(34)17-28(32)13-6-9-21-12-14-31-18-22(21)28)26-23(29)15-20(16-24(26)30)11-10-19-7-4-3-5-8-19/h3-5,7-8,12,14-16,18H,2,6,9,13,17H2,1H3/t28-/m0/s1. The van der Waals surface area contributed by atoms with Crippen molar-refractivity contribution in [3.63, 3.8) is 0 Å². The van der Waals surface area contributed by atoms with Gasteiger partial charge in [-0.1, -0.05) is 30.0 Å². The largest absolute Gasteiger partial charge is 0.332 e. The zero-order chi connectivity index (χ0) is 24.6. The van der Waals surface area contributed by atoms with Crippen molar-refractivity contribution in [2.45, 2.75) is 38.1 Å². The number of benzene rings is 2.